The van der Waals surface area contributed by atoms with Gasteiger partial charge in [-0.1, -0.05) is 44.0 Å². The fourth-order valence-electron chi connectivity index (χ4n) is 5.27. The van der Waals surface area contributed by atoms with E-state index in [1.54, 1.807) is 24.5 Å². The molecule has 3 unspecified atom stereocenters. The lowest BCUT2D eigenvalue weighted by Crippen LogP contribution is -2.52. The Bertz CT molecular complexity index is 930. The van der Waals surface area contributed by atoms with E-state index in [0.717, 1.165) is 43.8 Å². The van der Waals surface area contributed by atoms with Crippen molar-refractivity contribution in [3.63, 3.8) is 0 Å². The molecule has 0 bridgehead atoms. The lowest BCUT2D eigenvalue weighted by molar-refractivity contribution is -0.139. The Morgan fingerprint density at radius 1 is 1.13 bits per heavy atom. The highest BCUT2D eigenvalue weighted by Crippen LogP contribution is 2.43. The minimum atomic E-state index is -0.153. The molecule has 164 valence electrons. The maximum atomic E-state index is 13.4. The van der Waals surface area contributed by atoms with Crippen molar-refractivity contribution in [1.29, 1.82) is 0 Å². The molecule has 2 aliphatic rings. The molecule has 1 N–H and O–H groups in total. The summed E-state index contributed by atoms with van der Waals surface area (Å²) in [6.45, 7) is 5.94. The number of pyridine rings is 1. The zero-order valence-corrected chi connectivity index (χ0v) is 18.9. The Balaban J connectivity index is 1.42. The number of carbonyl (C=O) groups is 2. The van der Waals surface area contributed by atoms with Gasteiger partial charge < -0.3 is 10.2 Å². The number of aromatic nitrogens is 1. The molecule has 0 radical (unpaired) electrons. The van der Waals surface area contributed by atoms with Crippen LogP contribution in [0.3, 0.4) is 0 Å². The summed E-state index contributed by atoms with van der Waals surface area (Å²) in [4.78, 5) is 32.1. The van der Waals surface area contributed by atoms with Gasteiger partial charge >= 0.3 is 0 Å². The second-order valence-electron chi connectivity index (χ2n) is 9.50. The van der Waals surface area contributed by atoms with E-state index in [1.807, 2.05) is 17.0 Å². The van der Waals surface area contributed by atoms with Crippen LogP contribution in [-0.4, -0.2) is 40.8 Å². The predicted molar refractivity (Wildman–Crippen MR) is 122 cm³/mol. The SMILES string of the molecule is CC1(C)CN(C(=O)C2CCCC2NC(=O)c2cccnc2)CCC1c1ccc(Cl)cc1. The first-order valence-electron chi connectivity index (χ1n) is 11.1. The van der Waals surface area contributed by atoms with Gasteiger partial charge in [0.25, 0.3) is 5.91 Å². The van der Waals surface area contributed by atoms with E-state index in [-0.39, 0.29) is 29.2 Å². The van der Waals surface area contributed by atoms with Crippen LogP contribution in [0.5, 0.6) is 0 Å². The van der Waals surface area contributed by atoms with E-state index in [0.29, 0.717) is 11.5 Å². The molecule has 31 heavy (non-hydrogen) atoms. The van der Waals surface area contributed by atoms with Crippen LogP contribution in [-0.2, 0) is 4.79 Å². The number of benzene rings is 1. The molecule has 1 aromatic carbocycles. The third-order valence-electron chi connectivity index (χ3n) is 6.89. The maximum Gasteiger partial charge on any atom is 0.253 e. The molecule has 0 spiro atoms. The number of amides is 2. The number of likely N-dealkylation sites (tertiary alicyclic amines) is 1. The first-order valence-corrected chi connectivity index (χ1v) is 11.5. The summed E-state index contributed by atoms with van der Waals surface area (Å²) in [5.41, 5.74) is 1.78. The van der Waals surface area contributed by atoms with Crippen molar-refractivity contribution in [1.82, 2.24) is 15.2 Å². The van der Waals surface area contributed by atoms with Crippen LogP contribution in [0.2, 0.25) is 5.02 Å². The van der Waals surface area contributed by atoms with E-state index in [9.17, 15) is 9.59 Å². The first kappa shape index (κ1) is 21.8. The number of rotatable bonds is 4. The highest BCUT2D eigenvalue weighted by molar-refractivity contribution is 6.30. The van der Waals surface area contributed by atoms with Gasteiger partial charge in [0.1, 0.15) is 0 Å². The van der Waals surface area contributed by atoms with Gasteiger partial charge in [-0.15, -0.1) is 0 Å². The van der Waals surface area contributed by atoms with Crippen LogP contribution in [0.15, 0.2) is 48.8 Å². The van der Waals surface area contributed by atoms with Gasteiger partial charge in [-0.25, -0.2) is 0 Å². The van der Waals surface area contributed by atoms with Crippen LogP contribution < -0.4 is 5.32 Å². The average Bonchev–Trinajstić information content (AvgIpc) is 3.22. The Kier molecular flexibility index (Phi) is 6.33. The van der Waals surface area contributed by atoms with Crippen molar-refractivity contribution in [3.8, 4) is 0 Å². The molecular weight excluding hydrogens is 410 g/mol. The van der Waals surface area contributed by atoms with Crippen molar-refractivity contribution >= 4 is 23.4 Å². The molecular formula is C25H30ClN3O2. The quantitative estimate of drug-likeness (QED) is 0.752. The summed E-state index contributed by atoms with van der Waals surface area (Å²) < 4.78 is 0. The molecule has 4 rings (SSSR count). The number of piperidine rings is 1. The molecule has 2 heterocycles. The van der Waals surface area contributed by atoms with Crippen LogP contribution in [0, 0.1) is 11.3 Å². The van der Waals surface area contributed by atoms with Crippen LogP contribution in [0.25, 0.3) is 0 Å². The topological polar surface area (TPSA) is 62.3 Å². The van der Waals surface area contributed by atoms with Gasteiger partial charge in [-0.2, -0.15) is 0 Å². The van der Waals surface area contributed by atoms with Gasteiger partial charge in [0.15, 0.2) is 0 Å². The summed E-state index contributed by atoms with van der Waals surface area (Å²) in [5, 5.41) is 3.83. The zero-order valence-electron chi connectivity index (χ0n) is 18.2. The molecule has 2 fully saturated rings. The molecule has 1 aromatic heterocycles. The minimum Gasteiger partial charge on any atom is -0.348 e. The molecule has 2 amide bonds. The third-order valence-corrected chi connectivity index (χ3v) is 7.14. The van der Waals surface area contributed by atoms with Crippen LogP contribution in [0.1, 0.15) is 61.4 Å². The standard InChI is InChI=1S/C25H30ClN3O2/c1-25(2)16-29(14-12-21(25)17-8-10-19(26)11-9-17)24(31)20-6-3-7-22(20)28-23(30)18-5-4-13-27-15-18/h4-5,8-11,13,15,20-22H,3,6-7,12,14,16H2,1-2H3,(H,28,30). The molecule has 1 saturated heterocycles. The van der Waals surface area contributed by atoms with Gasteiger partial charge in [0, 0.05) is 36.5 Å². The number of hydrogen-bond donors (Lipinski definition) is 1. The second kappa shape index (κ2) is 8.99. The summed E-state index contributed by atoms with van der Waals surface area (Å²) in [6.07, 6.45) is 6.76. The first-order chi connectivity index (χ1) is 14.8. The van der Waals surface area contributed by atoms with Crippen molar-refractivity contribution in [3.05, 3.63) is 64.9 Å². The molecule has 3 atom stereocenters. The Hall–Kier alpha value is -2.40. The zero-order chi connectivity index (χ0) is 22.0. The molecule has 1 aliphatic heterocycles. The van der Waals surface area contributed by atoms with Crippen molar-refractivity contribution < 1.29 is 9.59 Å². The van der Waals surface area contributed by atoms with Crippen molar-refractivity contribution in [2.75, 3.05) is 13.1 Å². The van der Waals surface area contributed by atoms with E-state index in [1.165, 1.54) is 5.56 Å². The normalized spacial score (nSPS) is 25.3. The molecule has 1 saturated carbocycles. The smallest absolute Gasteiger partial charge is 0.253 e. The minimum absolute atomic E-state index is 0.0329. The van der Waals surface area contributed by atoms with E-state index >= 15 is 0 Å². The van der Waals surface area contributed by atoms with Crippen molar-refractivity contribution in [2.24, 2.45) is 11.3 Å². The highest BCUT2D eigenvalue weighted by Gasteiger charge is 2.42. The van der Waals surface area contributed by atoms with Crippen molar-refractivity contribution in [2.45, 2.75) is 51.5 Å². The Morgan fingerprint density at radius 3 is 2.58 bits per heavy atom. The number of nitrogens with zero attached hydrogens (tertiary/aromatic N) is 2. The maximum absolute atomic E-state index is 13.4. The molecule has 2 aromatic rings. The summed E-state index contributed by atoms with van der Waals surface area (Å²) in [6, 6.07) is 11.5. The van der Waals surface area contributed by atoms with Crippen LogP contribution >= 0.6 is 11.6 Å². The largest absolute Gasteiger partial charge is 0.348 e. The summed E-state index contributed by atoms with van der Waals surface area (Å²) in [7, 11) is 0. The average molecular weight is 440 g/mol. The van der Waals surface area contributed by atoms with Gasteiger partial charge in [-0.3, -0.25) is 14.6 Å². The molecule has 1 aliphatic carbocycles. The fraction of sp³-hybridized carbons (Fsp3) is 0.480. The Morgan fingerprint density at radius 2 is 1.90 bits per heavy atom. The van der Waals surface area contributed by atoms with Gasteiger partial charge in [0.05, 0.1) is 11.5 Å². The Labute approximate surface area is 189 Å². The molecule has 5 nitrogen and oxygen atoms in total. The van der Waals surface area contributed by atoms with Gasteiger partial charge in [-0.05, 0) is 60.4 Å². The monoisotopic (exact) mass is 439 g/mol. The third kappa shape index (κ3) is 4.77. The number of nitrogens with one attached hydrogen (secondary N) is 1. The summed E-state index contributed by atoms with van der Waals surface area (Å²) in [5.74, 6) is 0.262. The number of hydrogen-bond acceptors (Lipinski definition) is 3. The number of halogens is 1. The lowest BCUT2D eigenvalue weighted by atomic mass is 9.70. The summed E-state index contributed by atoms with van der Waals surface area (Å²) >= 11 is 6.06. The predicted octanol–water partition coefficient (Wildman–Crippen LogP) is 4.68. The van der Waals surface area contributed by atoms with Gasteiger partial charge in [0.2, 0.25) is 5.91 Å². The van der Waals surface area contributed by atoms with E-state index in [2.05, 4.69) is 36.3 Å². The fourth-order valence-corrected chi connectivity index (χ4v) is 5.40. The molecule has 6 heteroatoms. The van der Waals surface area contributed by atoms with E-state index < -0.39 is 0 Å². The highest BCUT2D eigenvalue weighted by atomic mass is 35.5. The number of carbonyl (C=O) groups excluding carboxylic acids is 2. The van der Waals surface area contributed by atoms with Crippen LogP contribution in [0.4, 0.5) is 0 Å². The lowest BCUT2D eigenvalue weighted by Gasteiger charge is -2.45. The second-order valence-corrected chi connectivity index (χ2v) is 9.94. The van der Waals surface area contributed by atoms with E-state index in [4.69, 9.17) is 11.6 Å².